The van der Waals surface area contributed by atoms with Gasteiger partial charge >= 0.3 is 0 Å². The molecule has 3 heterocycles. The first kappa shape index (κ1) is 20.7. The Morgan fingerprint density at radius 2 is 1.93 bits per heavy atom. The molecule has 0 spiro atoms. The van der Waals surface area contributed by atoms with E-state index in [1.807, 2.05) is 4.57 Å². The molecule has 2 aromatic heterocycles. The molecule has 3 rings (SSSR count). The summed E-state index contributed by atoms with van der Waals surface area (Å²) in [6.07, 6.45) is 1.92. The van der Waals surface area contributed by atoms with E-state index in [1.165, 1.54) is 0 Å². The zero-order chi connectivity index (χ0) is 20.0. The Labute approximate surface area is 166 Å². The highest BCUT2D eigenvalue weighted by molar-refractivity contribution is 6.70. The number of rotatable bonds is 6. The van der Waals surface area contributed by atoms with Crippen LogP contribution in [0, 0.1) is 0 Å². The maximum atomic E-state index is 6.40. The highest BCUT2D eigenvalue weighted by Gasteiger charge is 2.40. The number of halogens is 1. The van der Waals surface area contributed by atoms with Crippen LogP contribution in [0.4, 0.5) is 5.82 Å². The second kappa shape index (κ2) is 7.41. The smallest absolute Gasteiger partial charge is 0.226 e. The zero-order valence-corrected chi connectivity index (χ0v) is 19.4. The number of imidazole rings is 1. The summed E-state index contributed by atoms with van der Waals surface area (Å²) < 4.78 is 20.7. The lowest BCUT2D eigenvalue weighted by molar-refractivity contribution is -0.0367. The maximum absolute atomic E-state index is 6.40. The van der Waals surface area contributed by atoms with E-state index in [2.05, 4.69) is 54.2 Å². The quantitative estimate of drug-likeness (QED) is 0.554. The first-order chi connectivity index (χ1) is 12.4. The van der Waals surface area contributed by atoms with Gasteiger partial charge in [-0.2, -0.15) is 9.97 Å². The molecule has 11 heteroatoms. The Morgan fingerprint density at radius 3 is 2.56 bits per heavy atom. The molecule has 1 aliphatic rings. The minimum Gasteiger partial charge on any atom is -0.415 e. The number of fused-ring (bicyclic) bond motifs is 1. The van der Waals surface area contributed by atoms with Crippen molar-refractivity contribution in [2.45, 2.75) is 64.1 Å². The van der Waals surface area contributed by atoms with Crippen molar-refractivity contribution in [3.63, 3.8) is 0 Å². The molecule has 3 atom stereocenters. The largest absolute Gasteiger partial charge is 0.415 e. The van der Waals surface area contributed by atoms with Gasteiger partial charge in [-0.25, -0.2) is 4.98 Å². The van der Waals surface area contributed by atoms with Gasteiger partial charge in [0.05, 0.1) is 19.0 Å². The van der Waals surface area contributed by atoms with Crippen molar-refractivity contribution >= 4 is 45.2 Å². The van der Waals surface area contributed by atoms with Crippen LogP contribution in [0.1, 0.15) is 12.6 Å². The van der Waals surface area contributed by atoms with Crippen molar-refractivity contribution in [2.24, 2.45) is 0 Å². The summed E-state index contributed by atoms with van der Waals surface area (Å²) in [4.78, 5) is 12.6. The van der Waals surface area contributed by atoms with Crippen LogP contribution in [0.15, 0.2) is 6.33 Å². The predicted octanol–water partition coefficient (Wildman–Crippen LogP) is 3.42. The molecule has 1 aliphatic heterocycles. The van der Waals surface area contributed by atoms with E-state index in [9.17, 15) is 0 Å². The first-order valence-electron chi connectivity index (χ1n) is 9.06. The summed E-state index contributed by atoms with van der Waals surface area (Å²) in [5.74, 6) is 0.260. The van der Waals surface area contributed by atoms with Crippen LogP contribution in [0.5, 0.6) is 0 Å². The molecule has 2 N–H and O–H groups in total. The van der Waals surface area contributed by atoms with Gasteiger partial charge in [-0.15, -0.1) is 0 Å². The lowest BCUT2D eigenvalue weighted by Crippen LogP contribution is -2.40. The molecule has 150 valence electrons. The molecule has 0 aliphatic carbocycles. The first-order valence-corrected chi connectivity index (χ1v) is 16.3. The number of anilines is 1. The summed E-state index contributed by atoms with van der Waals surface area (Å²) in [7, 11) is -3.40. The van der Waals surface area contributed by atoms with Gasteiger partial charge in [0, 0.05) is 6.42 Å². The van der Waals surface area contributed by atoms with E-state index in [1.54, 1.807) is 6.33 Å². The van der Waals surface area contributed by atoms with E-state index in [-0.39, 0.29) is 29.5 Å². The van der Waals surface area contributed by atoms with Gasteiger partial charge in [-0.05, 0) is 50.9 Å². The summed E-state index contributed by atoms with van der Waals surface area (Å²) >= 11 is 5.99. The van der Waals surface area contributed by atoms with Crippen LogP contribution in [-0.4, -0.2) is 55.0 Å². The average molecular weight is 430 g/mol. The van der Waals surface area contributed by atoms with Crippen molar-refractivity contribution in [2.75, 3.05) is 12.3 Å². The van der Waals surface area contributed by atoms with Gasteiger partial charge in [0.2, 0.25) is 5.28 Å². The normalized spacial score (nSPS) is 24.0. The highest BCUT2D eigenvalue weighted by Crippen LogP contribution is 2.35. The second-order valence-electron chi connectivity index (χ2n) is 8.76. The zero-order valence-electron chi connectivity index (χ0n) is 16.7. The standard InChI is InChI=1S/C16H28ClN5O3Si2/c1-26(2,3)23-8-11-10(25-27(4,5)6)7-12(24-11)22-9-19-13-14(18)20-16(17)21-15(13)22/h9-12H,7-8H2,1-6H3,(H2,18,20,21). The lowest BCUT2D eigenvalue weighted by atomic mass is 10.2. The lowest BCUT2D eigenvalue weighted by Gasteiger charge is -2.28. The Hall–Kier alpha value is -1.05. The fourth-order valence-corrected chi connectivity index (χ4v) is 5.04. The third-order valence-corrected chi connectivity index (χ3v) is 6.31. The van der Waals surface area contributed by atoms with Crippen molar-refractivity contribution < 1.29 is 13.6 Å². The van der Waals surface area contributed by atoms with Gasteiger partial charge in [-0.1, -0.05) is 0 Å². The molecule has 0 amide bonds. The number of nitrogens with two attached hydrogens (primary N) is 1. The summed E-state index contributed by atoms with van der Waals surface area (Å²) in [5, 5.41) is 0.0910. The molecule has 0 radical (unpaired) electrons. The van der Waals surface area contributed by atoms with Crippen molar-refractivity contribution in [1.82, 2.24) is 19.5 Å². The van der Waals surface area contributed by atoms with E-state index in [4.69, 9.17) is 30.9 Å². The van der Waals surface area contributed by atoms with Crippen LogP contribution in [0.3, 0.4) is 0 Å². The Balaban J connectivity index is 1.86. The van der Waals surface area contributed by atoms with E-state index < -0.39 is 16.6 Å². The Bertz CT molecular complexity index is 821. The second-order valence-corrected chi connectivity index (χ2v) is 18.1. The third-order valence-electron chi connectivity index (χ3n) is 4.10. The number of hydrogen-bond donors (Lipinski definition) is 1. The monoisotopic (exact) mass is 429 g/mol. The Morgan fingerprint density at radius 1 is 1.22 bits per heavy atom. The molecule has 0 saturated carbocycles. The molecule has 8 nitrogen and oxygen atoms in total. The fraction of sp³-hybridized carbons (Fsp3) is 0.688. The van der Waals surface area contributed by atoms with Crippen LogP contribution in [0.2, 0.25) is 44.6 Å². The number of nitrogen functional groups attached to an aromatic ring is 1. The molecule has 0 bridgehead atoms. The van der Waals surface area contributed by atoms with Gasteiger partial charge in [-0.3, -0.25) is 4.57 Å². The summed E-state index contributed by atoms with van der Waals surface area (Å²) in [6.45, 7) is 13.5. The van der Waals surface area contributed by atoms with E-state index in [0.717, 1.165) is 0 Å². The van der Waals surface area contributed by atoms with E-state index >= 15 is 0 Å². The third kappa shape index (κ3) is 5.06. The molecule has 3 unspecified atom stereocenters. The van der Waals surface area contributed by atoms with E-state index in [0.29, 0.717) is 24.2 Å². The van der Waals surface area contributed by atoms with Gasteiger partial charge < -0.3 is 19.3 Å². The molecule has 27 heavy (non-hydrogen) atoms. The number of nitrogens with zero attached hydrogens (tertiary/aromatic N) is 4. The molecular formula is C16H28ClN5O3Si2. The minimum atomic E-state index is -1.74. The minimum absolute atomic E-state index is 0.0369. The van der Waals surface area contributed by atoms with Crippen molar-refractivity contribution in [1.29, 1.82) is 0 Å². The van der Waals surface area contributed by atoms with Crippen LogP contribution in [-0.2, 0) is 13.6 Å². The topological polar surface area (TPSA) is 97.3 Å². The molecule has 1 saturated heterocycles. The number of aromatic nitrogens is 4. The summed E-state index contributed by atoms with van der Waals surface area (Å²) in [6, 6.07) is 0. The number of hydrogen-bond acceptors (Lipinski definition) is 7. The predicted molar refractivity (Wildman–Crippen MR) is 111 cm³/mol. The van der Waals surface area contributed by atoms with Gasteiger partial charge in [0.1, 0.15) is 17.8 Å². The average Bonchev–Trinajstić information content (AvgIpc) is 3.06. The van der Waals surface area contributed by atoms with Gasteiger partial charge in [0.25, 0.3) is 0 Å². The molecule has 2 aromatic rings. The SMILES string of the molecule is C[Si](C)(C)OCC1OC(n2cnc3c(N)nc(Cl)nc32)CC1O[Si](C)(C)C. The summed E-state index contributed by atoms with van der Waals surface area (Å²) in [5.41, 5.74) is 7.00. The van der Waals surface area contributed by atoms with Crippen LogP contribution >= 0.6 is 11.6 Å². The van der Waals surface area contributed by atoms with Crippen LogP contribution in [0.25, 0.3) is 11.2 Å². The fourth-order valence-electron chi connectivity index (χ4n) is 3.05. The van der Waals surface area contributed by atoms with Crippen LogP contribution < -0.4 is 5.73 Å². The molecule has 1 fully saturated rings. The Kier molecular flexibility index (Phi) is 5.68. The molecular weight excluding hydrogens is 402 g/mol. The molecule has 0 aromatic carbocycles. The van der Waals surface area contributed by atoms with Crippen molar-refractivity contribution in [3.05, 3.63) is 11.6 Å². The highest BCUT2D eigenvalue weighted by atomic mass is 35.5. The number of ether oxygens (including phenoxy) is 1. The maximum Gasteiger partial charge on any atom is 0.226 e. The van der Waals surface area contributed by atoms with Crippen molar-refractivity contribution in [3.8, 4) is 0 Å². The van der Waals surface area contributed by atoms with Gasteiger partial charge in [0.15, 0.2) is 28.1 Å².